The zero-order chi connectivity index (χ0) is 12.4. The monoisotopic (exact) mass is 252 g/mol. The van der Waals surface area contributed by atoms with Gasteiger partial charge in [-0.05, 0) is 38.5 Å². The van der Waals surface area contributed by atoms with Gasteiger partial charge in [-0.1, -0.05) is 0 Å². The first-order chi connectivity index (χ1) is 8.83. The lowest BCUT2D eigenvalue weighted by Crippen LogP contribution is -2.49. The van der Waals surface area contributed by atoms with Crippen molar-refractivity contribution in [3.8, 4) is 0 Å². The molecule has 0 radical (unpaired) electrons. The minimum atomic E-state index is 0.380. The fraction of sp³-hybridized carbons (Fsp3) is 0.929. The van der Waals surface area contributed by atoms with E-state index in [1.165, 1.54) is 0 Å². The third-order valence-corrected chi connectivity index (χ3v) is 4.43. The minimum Gasteiger partial charge on any atom is -0.381 e. The molecule has 102 valence electrons. The quantitative estimate of drug-likeness (QED) is 0.819. The molecule has 1 amide bonds. The van der Waals surface area contributed by atoms with Crippen LogP contribution in [0.25, 0.3) is 0 Å². The van der Waals surface area contributed by atoms with Crippen LogP contribution in [0.2, 0.25) is 0 Å². The van der Waals surface area contributed by atoms with Crippen molar-refractivity contribution in [1.29, 1.82) is 0 Å². The highest BCUT2D eigenvalue weighted by atomic mass is 16.5. The Labute approximate surface area is 109 Å². The van der Waals surface area contributed by atoms with E-state index in [0.717, 1.165) is 64.8 Å². The first kappa shape index (κ1) is 12.4. The molecular formula is C14H24N2O2. The zero-order valence-electron chi connectivity index (χ0n) is 11.1. The van der Waals surface area contributed by atoms with Crippen LogP contribution in [0.3, 0.4) is 0 Å². The predicted molar refractivity (Wildman–Crippen MR) is 69.3 cm³/mol. The van der Waals surface area contributed by atoms with E-state index in [1.807, 2.05) is 0 Å². The molecule has 1 saturated carbocycles. The molecule has 0 bridgehead atoms. The standard InChI is InChI=1S/C14H24N2O2/c17-14(11-1-2-11)16-7-3-12(4-8-16)15-13-5-9-18-10-6-13/h11-13,15H,1-10H2. The Hall–Kier alpha value is -0.610. The molecule has 4 heteroatoms. The third kappa shape index (κ3) is 3.04. The first-order valence-electron chi connectivity index (χ1n) is 7.45. The summed E-state index contributed by atoms with van der Waals surface area (Å²) in [6.07, 6.45) is 6.77. The van der Waals surface area contributed by atoms with Gasteiger partial charge >= 0.3 is 0 Å². The van der Waals surface area contributed by atoms with Gasteiger partial charge in [0.15, 0.2) is 0 Å². The number of hydrogen-bond acceptors (Lipinski definition) is 3. The Bertz CT molecular complexity index is 290. The molecule has 3 aliphatic rings. The Morgan fingerprint density at radius 2 is 1.56 bits per heavy atom. The van der Waals surface area contributed by atoms with Crippen molar-refractivity contribution in [1.82, 2.24) is 10.2 Å². The van der Waals surface area contributed by atoms with E-state index in [4.69, 9.17) is 4.74 Å². The minimum absolute atomic E-state index is 0.380. The molecule has 3 rings (SSSR count). The van der Waals surface area contributed by atoms with E-state index < -0.39 is 0 Å². The van der Waals surface area contributed by atoms with Crippen LogP contribution in [0.5, 0.6) is 0 Å². The van der Waals surface area contributed by atoms with Gasteiger partial charge < -0.3 is 15.0 Å². The molecule has 1 aliphatic carbocycles. The fourth-order valence-corrected chi connectivity index (χ4v) is 3.05. The van der Waals surface area contributed by atoms with E-state index >= 15 is 0 Å². The van der Waals surface area contributed by atoms with Crippen molar-refractivity contribution in [2.24, 2.45) is 5.92 Å². The highest BCUT2D eigenvalue weighted by Gasteiger charge is 2.35. The molecule has 0 aromatic carbocycles. The summed E-state index contributed by atoms with van der Waals surface area (Å²) < 4.78 is 5.38. The SMILES string of the molecule is O=C(C1CC1)N1CCC(NC2CCOCC2)CC1. The van der Waals surface area contributed by atoms with E-state index in [9.17, 15) is 4.79 Å². The maximum Gasteiger partial charge on any atom is 0.225 e. The van der Waals surface area contributed by atoms with Crippen LogP contribution in [0.4, 0.5) is 0 Å². The molecule has 2 aliphatic heterocycles. The maximum atomic E-state index is 11.9. The number of hydrogen-bond donors (Lipinski definition) is 1. The van der Waals surface area contributed by atoms with Crippen LogP contribution in [0, 0.1) is 5.92 Å². The van der Waals surface area contributed by atoms with Gasteiger partial charge in [0.1, 0.15) is 0 Å². The van der Waals surface area contributed by atoms with Gasteiger partial charge in [-0.15, -0.1) is 0 Å². The van der Waals surface area contributed by atoms with Crippen LogP contribution in [-0.4, -0.2) is 49.2 Å². The number of ether oxygens (including phenoxy) is 1. The van der Waals surface area contributed by atoms with Gasteiger partial charge in [-0.3, -0.25) is 4.79 Å². The van der Waals surface area contributed by atoms with Crippen molar-refractivity contribution in [2.45, 2.75) is 50.6 Å². The second kappa shape index (κ2) is 5.57. The summed E-state index contributed by atoms with van der Waals surface area (Å²) >= 11 is 0. The summed E-state index contributed by atoms with van der Waals surface area (Å²) in [5.74, 6) is 0.796. The number of amides is 1. The van der Waals surface area contributed by atoms with Gasteiger partial charge in [0, 0.05) is 44.3 Å². The summed E-state index contributed by atoms with van der Waals surface area (Å²) in [5, 5.41) is 3.74. The second-order valence-corrected chi connectivity index (χ2v) is 5.93. The summed E-state index contributed by atoms with van der Waals surface area (Å²) in [6.45, 7) is 3.71. The van der Waals surface area contributed by atoms with Gasteiger partial charge in [0.05, 0.1) is 0 Å². The lowest BCUT2D eigenvalue weighted by Gasteiger charge is -2.35. The van der Waals surface area contributed by atoms with Crippen LogP contribution < -0.4 is 5.32 Å². The summed E-state index contributed by atoms with van der Waals surface area (Å²) in [6, 6.07) is 1.24. The number of carbonyl (C=O) groups excluding carboxylic acids is 1. The maximum absolute atomic E-state index is 11.9. The van der Waals surface area contributed by atoms with Crippen LogP contribution >= 0.6 is 0 Å². The third-order valence-electron chi connectivity index (χ3n) is 4.43. The van der Waals surface area contributed by atoms with Crippen LogP contribution in [0.15, 0.2) is 0 Å². The second-order valence-electron chi connectivity index (χ2n) is 5.93. The van der Waals surface area contributed by atoms with E-state index in [0.29, 0.717) is 23.9 Å². The molecule has 0 unspecified atom stereocenters. The largest absolute Gasteiger partial charge is 0.381 e. The van der Waals surface area contributed by atoms with Gasteiger partial charge in [-0.25, -0.2) is 0 Å². The highest BCUT2D eigenvalue weighted by Crippen LogP contribution is 2.31. The molecule has 0 atom stereocenters. The summed E-state index contributed by atoms with van der Waals surface area (Å²) in [5.41, 5.74) is 0. The molecule has 3 fully saturated rings. The molecule has 2 saturated heterocycles. The normalized spacial score (nSPS) is 27.4. The van der Waals surface area contributed by atoms with Crippen molar-refractivity contribution in [3.63, 3.8) is 0 Å². The van der Waals surface area contributed by atoms with E-state index in [2.05, 4.69) is 10.2 Å². The molecular weight excluding hydrogens is 228 g/mol. The fourth-order valence-electron chi connectivity index (χ4n) is 3.05. The predicted octanol–water partition coefficient (Wildman–Crippen LogP) is 1.16. The van der Waals surface area contributed by atoms with Crippen molar-refractivity contribution >= 4 is 5.91 Å². The average molecular weight is 252 g/mol. The van der Waals surface area contributed by atoms with Gasteiger partial charge in [0.2, 0.25) is 5.91 Å². The molecule has 0 aromatic rings. The smallest absolute Gasteiger partial charge is 0.225 e. The first-order valence-corrected chi connectivity index (χ1v) is 7.45. The number of rotatable bonds is 3. The van der Waals surface area contributed by atoms with Crippen molar-refractivity contribution < 1.29 is 9.53 Å². The molecule has 1 N–H and O–H groups in total. The zero-order valence-corrected chi connectivity index (χ0v) is 11.1. The Morgan fingerprint density at radius 1 is 0.944 bits per heavy atom. The van der Waals surface area contributed by atoms with Crippen LogP contribution in [-0.2, 0) is 9.53 Å². The van der Waals surface area contributed by atoms with Crippen molar-refractivity contribution in [2.75, 3.05) is 26.3 Å². The number of nitrogens with zero attached hydrogens (tertiary/aromatic N) is 1. The van der Waals surface area contributed by atoms with E-state index in [1.54, 1.807) is 0 Å². The molecule has 0 aromatic heterocycles. The molecule has 2 heterocycles. The Kier molecular flexibility index (Phi) is 3.85. The number of piperidine rings is 1. The summed E-state index contributed by atoms with van der Waals surface area (Å²) in [7, 11) is 0. The summed E-state index contributed by atoms with van der Waals surface area (Å²) in [4.78, 5) is 14.0. The highest BCUT2D eigenvalue weighted by molar-refractivity contribution is 5.81. The van der Waals surface area contributed by atoms with Gasteiger partial charge in [-0.2, -0.15) is 0 Å². The Balaban J connectivity index is 1.40. The Morgan fingerprint density at radius 3 is 2.17 bits per heavy atom. The van der Waals surface area contributed by atoms with Crippen molar-refractivity contribution in [3.05, 3.63) is 0 Å². The number of nitrogens with one attached hydrogen (secondary N) is 1. The molecule has 18 heavy (non-hydrogen) atoms. The number of carbonyl (C=O) groups is 1. The van der Waals surface area contributed by atoms with Crippen LogP contribution in [0.1, 0.15) is 38.5 Å². The van der Waals surface area contributed by atoms with Gasteiger partial charge in [0.25, 0.3) is 0 Å². The topological polar surface area (TPSA) is 41.6 Å². The average Bonchev–Trinajstić information content (AvgIpc) is 3.24. The molecule has 0 spiro atoms. The lowest BCUT2D eigenvalue weighted by atomic mass is 10.0. The van der Waals surface area contributed by atoms with E-state index in [-0.39, 0.29) is 0 Å². The molecule has 4 nitrogen and oxygen atoms in total. The lowest BCUT2D eigenvalue weighted by molar-refractivity contribution is -0.133. The number of likely N-dealkylation sites (tertiary alicyclic amines) is 1.